The number of para-hydroxylation sites is 6. The lowest BCUT2D eigenvalue weighted by Crippen LogP contribution is -1.93. The molecule has 0 atom stereocenters. The number of fused-ring (bicyclic) bond motifs is 12. The maximum absolute atomic E-state index is 6.32. The minimum Gasteiger partial charge on any atom is -0.455 e. The Morgan fingerprint density at radius 2 is 0.655 bits per heavy atom. The Morgan fingerprint density at radius 3 is 1.29 bits per heavy atom. The highest BCUT2D eigenvalue weighted by Gasteiger charge is 2.19. The molecule has 6 heterocycles. The van der Waals surface area contributed by atoms with E-state index in [2.05, 4.69) is 402 Å². The van der Waals surface area contributed by atoms with Gasteiger partial charge in [-0.3, -0.25) is 4.57 Å². The molecule has 6 aromatic heterocycles. The van der Waals surface area contributed by atoms with Crippen molar-refractivity contribution in [3.8, 4) is 107 Å². The molecule has 0 unspecified atom stereocenters. The summed E-state index contributed by atoms with van der Waals surface area (Å²) in [5.74, 6) is 3.55. The topological polar surface area (TPSA) is 53.7 Å². The Hall–Kier alpha value is -14.9. The average Bonchev–Trinajstić information content (AvgIpc) is 1.61. The van der Waals surface area contributed by atoms with Gasteiger partial charge in [0.25, 0.3) is 0 Å². The van der Waals surface area contributed by atoms with Crippen LogP contribution in [0, 0.1) is 12.0 Å². The molecule has 0 bridgehead atoms. The van der Waals surface area contributed by atoms with E-state index < -0.39 is 0 Å². The fourth-order valence-electron chi connectivity index (χ4n) is 15.9. The van der Waals surface area contributed by atoms with Crippen molar-refractivity contribution in [2.75, 3.05) is 0 Å². The van der Waals surface area contributed by atoms with E-state index in [-0.39, 0.29) is 0 Å². The Balaban J connectivity index is 0.000000145. The van der Waals surface area contributed by atoms with Crippen LogP contribution in [0.25, 0.3) is 195 Å². The molecule has 514 valence electrons. The second kappa shape index (κ2) is 27.9. The summed E-state index contributed by atoms with van der Waals surface area (Å²) in [6, 6.07) is 143. The van der Waals surface area contributed by atoms with Gasteiger partial charge in [0.1, 0.15) is 11.2 Å². The third kappa shape index (κ3) is 12.0. The molecule has 6 heteroatoms. The van der Waals surface area contributed by atoms with E-state index >= 15 is 0 Å². The van der Waals surface area contributed by atoms with Crippen molar-refractivity contribution >= 4 is 99.6 Å². The monoisotopic (exact) mass is 1400 g/mol. The molecule has 0 fully saturated rings. The largest absolute Gasteiger partial charge is 0.455 e. The molecular weight excluding hydrogens is 1340 g/mol. The smallest absolute Gasteiger partial charge is 0.142 e. The van der Waals surface area contributed by atoms with Gasteiger partial charge in [-0.25, -0.2) is 9.97 Å². The van der Waals surface area contributed by atoms with Crippen LogP contribution in [0.2, 0.25) is 0 Å². The zero-order chi connectivity index (χ0) is 72.9. The third-order valence-corrected chi connectivity index (χ3v) is 21.2. The lowest BCUT2D eigenvalue weighted by molar-refractivity contribution is 0.668. The van der Waals surface area contributed by atoms with Crippen LogP contribution in [-0.2, 0) is 0 Å². The highest BCUT2D eigenvalue weighted by molar-refractivity contribution is 6.14. The SMILES string of the molecule is C(#Cn1c2ccccc2c2cc(-c3cccc(-c4cc(-c5ccccc5)nc(-c5ccccc5)c4)c3)ccc21)c1ccc2c3ccccc3n(-c3ccccc3)c2c1.C(=C\n1c2ccccc2c2cc(-c3ccc(-c4cc(-c5ccccc5)cc(-c5ccccc5)n4)cc3)ccc21)/c1cccc2c1oc1ccccc12. The second-order valence-electron chi connectivity index (χ2n) is 27.9. The normalized spacial score (nSPS) is 11.5. The van der Waals surface area contributed by atoms with Gasteiger partial charge in [-0.15, -0.1) is 0 Å². The highest BCUT2D eigenvalue weighted by atomic mass is 16.3. The minimum atomic E-state index is 0.907. The second-order valence-corrected chi connectivity index (χ2v) is 27.9. The summed E-state index contributed by atoms with van der Waals surface area (Å²) in [7, 11) is 0. The number of benzene rings is 15. The molecule has 0 aliphatic rings. The summed E-state index contributed by atoms with van der Waals surface area (Å²) in [6.45, 7) is 0. The standard InChI is InChI=1S/C55H35N3.C49H32N2O/c1-4-15-39(16-5-1)50-36-44(37-51(56-50)40-17-6-2-7-18-40)42-20-14-19-41(34-42)43-28-30-53-49(35-43)47-24-10-12-25-52(47)57(53)32-31-38-27-29-48-46-23-11-13-26-54(46)58(55(48)33-38)45-21-8-3-9-22-45;1-3-12-33(13-4-1)39-31-44(35-14-5-2-6-15-35)50-45(32-39)36-24-22-34(23-25-36)38-26-27-47-43(30-38)40-17-7-9-20-46(40)51(47)29-28-37-16-11-19-42-41-18-8-10-21-48(41)52-49(37)42/h1-30,33-37H;1-32H/b;29-28+. The highest BCUT2D eigenvalue weighted by Crippen LogP contribution is 2.41. The number of pyridine rings is 2. The summed E-state index contributed by atoms with van der Waals surface area (Å²) in [6.07, 6.45) is 4.33. The lowest BCUT2D eigenvalue weighted by atomic mass is 9.96. The number of nitrogens with zero attached hydrogens (tertiary/aromatic N) is 5. The number of aromatic nitrogens is 5. The average molecular weight is 1400 g/mol. The van der Waals surface area contributed by atoms with E-state index in [1.807, 2.05) is 30.3 Å². The fraction of sp³-hybridized carbons (Fsp3) is 0. The van der Waals surface area contributed by atoms with Crippen molar-refractivity contribution in [1.82, 2.24) is 23.7 Å². The van der Waals surface area contributed by atoms with Gasteiger partial charge >= 0.3 is 0 Å². The number of rotatable bonds is 11. The van der Waals surface area contributed by atoms with Crippen LogP contribution in [0.1, 0.15) is 11.1 Å². The minimum absolute atomic E-state index is 0.907. The van der Waals surface area contributed by atoms with Crippen LogP contribution >= 0.6 is 0 Å². The molecule has 0 saturated heterocycles. The van der Waals surface area contributed by atoms with Crippen LogP contribution in [-0.4, -0.2) is 23.7 Å². The van der Waals surface area contributed by atoms with E-state index in [1.165, 1.54) is 49.0 Å². The molecular formula is C104H67N5O. The third-order valence-electron chi connectivity index (χ3n) is 21.2. The van der Waals surface area contributed by atoms with Crippen molar-refractivity contribution in [1.29, 1.82) is 0 Å². The first-order valence-corrected chi connectivity index (χ1v) is 37.2. The Bertz CT molecular complexity index is 7060. The molecule has 21 aromatic rings. The Kier molecular flexibility index (Phi) is 16.4. The van der Waals surface area contributed by atoms with Gasteiger partial charge in [-0.05, 0) is 160 Å². The van der Waals surface area contributed by atoms with Crippen LogP contribution in [0.15, 0.2) is 399 Å². The quantitative estimate of drug-likeness (QED) is 0.121. The molecule has 21 rings (SSSR count). The molecule has 0 amide bonds. The van der Waals surface area contributed by atoms with E-state index in [0.717, 1.165) is 145 Å². The van der Waals surface area contributed by atoms with E-state index in [0.29, 0.717) is 0 Å². The van der Waals surface area contributed by atoms with Gasteiger partial charge in [0.15, 0.2) is 0 Å². The van der Waals surface area contributed by atoms with Crippen molar-refractivity contribution in [2.45, 2.75) is 0 Å². The molecule has 0 saturated carbocycles. The number of hydrogen-bond acceptors (Lipinski definition) is 3. The summed E-state index contributed by atoms with van der Waals surface area (Å²) in [5, 5.41) is 9.51. The van der Waals surface area contributed by atoms with Gasteiger partial charge in [0.2, 0.25) is 0 Å². The first-order valence-electron chi connectivity index (χ1n) is 37.2. The first kappa shape index (κ1) is 64.7. The maximum Gasteiger partial charge on any atom is 0.142 e. The summed E-state index contributed by atoms with van der Waals surface area (Å²) in [4.78, 5) is 10.2. The van der Waals surface area contributed by atoms with Crippen LogP contribution in [0.3, 0.4) is 0 Å². The number of furan rings is 1. The van der Waals surface area contributed by atoms with E-state index in [9.17, 15) is 0 Å². The van der Waals surface area contributed by atoms with Gasteiger partial charge < -0.3 is 13.6 Å². The van der Waals surface area contributed by atoms with E-state index in [4.69, 9.17) is 14.4 Å². The molecule has 0 aliphatic carbocycles. The fourth-order valence-corrected chi connectivity index (χ4v) is 15.9. The van der Waals surface area contributed by atoms with Crippen LogP contribution < -0.4 is 0 Å². The molecule has 6 nitrogen and oxygen atoms in total. The van der Waals surface area contributed by atoms with Crippen molar-refractivity contribution < 1.29 is 4.42 Å². The molecule has 0 aliphatic heterocycles. The molecule has 110 heavy (non-hydrogen) atoms. The predicted molar refractivity (Wildman–Crippen MR) is 460 cm³/mol. The van der Waals surface area contributed by atoms with Crippen molar-refractivity contribution in [3.63, 3.8) is 0 Å². The summed E-state index contributed by atoms with van der Waals surface area (Å²) >= 11 is 0. The van der Waals surface area contributed by atoms with Crippen LogP contribution in [0.5, 0.6) is 0 Å². The van der Waals surface area contributed by atoms with Gasteiger partial charge in [0.05, 0.1) is 55.9 Å². The summed E-state index contributed by atoms with van der Waals surface area (Å²) in [5.41, 5.74) is 29.3. The molecule has 0 radical (unpaired) electrons. The molecule has 0 spiro atoms. The Labute approximate surface area is 636 Å². The Morgan fingerprint density at radius 1 is 0.255 bits per heavy atom. The van der Waals surface area contributed by atoms with Crippen molar-refractivity contribution in [3.05, 3.63) is 405 Å². The molecule has 0 N–H and O–H groups in total. The van der Waals surface area contributed by atoms with Crippen molar-refractivity contribution in [2.24, 2.45) is 0 Å². The lowest BCUT2D eigenvalue weighted by Gasteiger charge is -2.12. The first-order chi connectivity index (χ1) is 54.5. The zero-order valence-electron chi connectivity index (χ0n) is 59.8. The number of hydrogen-bond donors (Lipinski definition) is 0. The van der Waals surface area contributed by atoms with Gasteiger partial charge in [0, 0.05) is 94.4 Å². The predicted octanol–water partition coefficient (Wildman–Crippen LogP) is 27.2. The van der Waals surface area contributed by atoms with E-state index in [1.54, 1.807) is 0 Å². The maximum atomic E-state index is 6.32. The van der Waals surface area contributed by atoms with Gasteiger partial charge in [-0.1, -0.05) is 291 Å². The summed E-state index contributed by atoms with van der Waals surface area (Å²) < 4.78 is 13.1. The van der Waals surface area contributed by atoms with Gasteiger partial charge in [-0.2, -0.15) is 0 Å². The molecule has 15 aromatic carbocycles. The van der Waals surface area contributed by atoms with Crippen LogP contribution in [0.4, 0.5) is 0 Å². The zero-order valence-corrected chi connectivity index (χ0v) is 59.8.